The summed E-state index contributed by atoms with van der Waals surface area (Å²) in [6.45, 7) is -0.0887. The zero-order valence-corrected chi connectivity index (χ0v) is 11.1. The minimum Gasteiger partial charge on any atom is -0.395 e. The summed E-state index contributed by atoms with van der Waals surface area (Å²) in [6.07, 6.45) is 0.258. The lowest BCUT2D eigenvalue weighted by molar-refractivity contribution is 0.102. The topological polar surface area (TPSA) is 75.1 Å². The van der Waals surface area contributed by atoms with Gasteiger partial charge >= 0.3 is 0 Å². The summed E-state index contributed by atoms with van der Waals surface area (Å²) in [7, 11) is 0. The van der Waals surface area contributed by atoms with Crippen molar-refractivity contribution < 1.29 is 14.3 Å². The highest BCUT2D eigenvalue weighted by atomic mass is 32.1. The predicted molar refractivity (Wildman–Crippen MR) is 72.8 cm³/mol. The minimum atomic E-state index is -0.481. The molecule has 2 N–H and O–H groups in total. The molecule has 0 aliphatic rings. The Balaban J connectivity index is 2.26. The van der Waals surface area contributed by atoms with Crippen molar-refractivity contribution in [3.63, 3.8) is 0 Å². The Labute approximate surface area is 118 Å². The van der Waals surface area contributed by atoms with Gasteiger partial charge in [-0.2, -0.15) is 0 Å². The summed E-state index contributed by atoms with van der Waals surface area (Å²) in [5, 5.41) is 18.9. The third-order valence-electron chi connectivity index (χ3n) is 2.27. The van der Waals surface area contributed by atoms with Crippen LogP contribution in [0, 0.1) is 17.7 Å². The Kier molecular flexibility index (Phi) is 4.76. The number of hydrogen-bond donors (Lipinski definition) is 2. The molecule has 1 amide bonds. The summed E-state index contributed by atoms with van der Waals surface area (Å²) < 4.78 is 13.2. The number of benzene rings is 1. The zero-order chi connectivity index (χ0) is 14.4. The zero-order valence-electron chi connectivity index (χ0n) is 10.3. The number of nitrogens with one attached hydrogen (secondary N) is 1. The van der Waals surface area contributed by atoms with Crippen LogP contribution in [0.2, 0.25) is 0 Å². The Hall–Kier alpha value is -2.30. The van der Waals surface area contributed by atoms with E-state index in [9.17, 15) is 9.18 Å². The molecule has 0 aliphatic heterocycles. The van der Waals surface area contributed by atoms with Gasteiger partial charge in [0.2, 0.25) is 5.13 Å². The third-order valence-corrected chi connectivity index (χ3v) is 2.87. The van der Waals surface area contributed by atoms with Crippen LogP contribution in [0.1, 0.15) is 22.3 Å². The van der Waals surface area contributed by atoms with Gasteiger partial charge in [-0.3, -0.25) is 10.1 Å². The van der Waals surface area contributed by atoms with Gasteiger partial charge in [0, 0.05) is 12.0 Å². The first-order chi connectivity index (χ1) is 9.70. The largest absolute Gasteiger partial charge is 0.395 e. The number of aliphatic hydroxyl groups excluding tert-OH is 1. The molecule has 0 saturated carbocycles. The number of carbonyl (C=O) groups excluding carboxylic acids is 1. The molecule has 2 aromatic rings. The molecule has 1 aromatic carbocycles. The van der Waals surface area contributed by atoms with Gasteiger partial charge < -0.3 is 5.11 Å². The fraction of sp³-hybridized carbons (Fsp3) is 0.154. The molecule has 0 spiro atoms. The van der Waals surface area contributed by atoms with E-state index >= 15 is 0 Å². The fourth-order valence-corrected chi connectivity index (χ4v) is 1.86. The van der Waals surface area contributed by atoms with Crippen LogP contribution < -0.4 is 5.32 Å². The highest BCUT2D eigenvalue weighted by molar-refractivity contribution is 7.13. The van der Waals surface area contributed by atoms with Gasteiger partial charge in [-0.25, -0.2) is 4.39 Å². The second-order valence-corrected chi connectivity index (χ2v) is 4.50. The van der Waals surface area contributed by atoms with E-state index in [0.29, 0.717) is 5.13 Å². The second kappa shape index (κ2) is 6.75. The van der Waals surface area contributed by atoms with Crippen LogP contribution in [0.4, 0.5) is 9.52 Å². The van der Waals surface area contributed by atoms with Crippen molar-refractivity contribution >= 4 is 22.4 Å². The summed E-state index contributed by atoms with van der Waals surface area (Å²) in [6, 6.07) is 3.72. The maximum atomic E-state index is 13.2. The normalized spacial score (nSPS) is 9.70. The van der Waals surface area contributed by atoms with Crippen LogP contribution in [-0.4, -0.2) is 27.8 Å². The molecule has 1 aromatic heterocycles. The number of nitrogens with zero attached hydrogens (tertiary/aromatic N) is 2. The average Bonchev–Trinajstić information content (AvgIpc) is 2.92. The van der Waals surface area contributed by atoms with Gasteiger partial charge in [0.15, 0.2) is 0 Å². The fourth-order valence-electron chi connectivity index (χ4n) is 1.42. The van der Waals surface area contributed by atoms with E-state index in [0.717, 1.165) is 0 Å². The van der Waals surface area contributed by atoms with Gasteiger partial charge in [0.1, 0.15) is 11.3 Å². The van der Waals surface area contributed by atoms with E-state index in [-0.39, 0.29) is 24.2 Å². The smallest absolute Gasteiger partial charge is 0.258 e. The first-order valence-electron chi connectivity index (χ1n) is 5.67. The molecule has 0 unspecified atom stereocenters. The molecule has 0 aliphatic carbocycles. The molecule has 102 valence electrons. The van der Waals surface area contributed by atoms with E-state index in [1.807, 2.05) is 0 Å². The summed E-state index contributed by atoms with van der Waals surface area (Å²) >= 11 is 1.18. The highest BCUT2D eigenvalue weighted by Crippen LogP contribution is 2.14. The maximum Gasteiger partial charge on any atom is 0.258 e. The van der Waals surface area contributed by atoms with Crippen molar-refractivity contribution in [3.8, 4) is 11.8 Å². The maximum absolute atomic E-state index is 13.2. The van der Waals surface area contributed by atoms with E-state index in [1.165, 1.54) is 35.0 Å². The number of hydrogen-bond acceptors (Lipinski definition) is 5. The van der Waals surface area contributed by atoms with E-state index < -0.39 is 11.7 Å². The Morgan fingerprint density at radius 2 is 2.35 bits per heavy atom. The molecule has 0 fully saturated rings. The SMILES string of the molecule is O=C(Nc1nncs1)c1ccc(F)cc1C#CCCO. The Morgan fingerprint density at radius 1 is 1.50 bits per heavy atom. The van der Waals surface area contributed by atoms with Crippen LogP contribution in [0.15, 0.2) is 23.7 Å². The number of rotatable bonds is 3. The summed E-state index contributed by atoms with van der Waals surface area (Å²) in [5.74, 6) is 4.42. The molecular weight excluding hydrogens is 281 g/mol. The average molecular weight is 291 g/mol. The van der Waals surface area contributed by atoms with Gasteiger partial charge in [-0.05, 0) is 18.2 Å². The van der Waals surface area contributed by atoms with E-state index in [1.54, 1.807) is 0 Å². The van der Waals surface area contributed by atoms with E-state index in [4.69, 9.17) is 5.11 Å². The van der Waals surface area contributed by atoms with Crippen molar-refractivity contribution in [1.82, 2.24) is 10.2 Å². The molecule has 5 nitrogen and oxygen atoms in total. The number of carbonyl (C=O) groups is 1. The summed E-state index contributed by atoms with van der Waals surface area (Å²) in [4.78, 5) is 12.1. The molecule has 20 heavy (non-hydrogen) atoms. The van der Waals surface area contributed by atoms with Crippen LogP contribution in [0.3, 0.4) is 0 Å². The molecule has 2 rings (SSSR count). The van der Waals surface area contributed by atoms with Crippen molar-refractivity contribution in [2.24, 2.45) is 0 Å². The summed E-state index contributed by atoms with van der Waals surface area (Å²) in [5.41, 5.74) is 2.00. The van der Waals surface area contributed by atoms with Crippen LogP contribution >= 0.6 is 11.3 Å². The highest BCUT2D eigenvalue weighted by Gasteiger charge is 2.12. The molecular formula is C13H10FN3O2S. The third kappa shape index (κ3) is 3.60. The first-order valence-corrected chi connectivity index (χ1v) is 6.55. The van der Waals surface area contributed by atoms with Gasteiger partial charge in [-0.1, -0.05) is 23.2 Å². The Bertz CT molecular complexity index is 662. The van der Waals surface area contributed by atoms with Gasteiger partial charge in [0.25, 0.3) is 5.91 Å². The van der Waals surface area contributed by atoms with Crippen LogP contribution in [0.5, 0.6) is 0 Å². The first kappa shape index (κ1) is 14.1. The number of aliphatic hydroxyl groups is 1. The predicted octanol–water partition coefficient (Wildman–Crippen LogP) is 1.66. The van der Waals surface area contributed by atoms with Gasteiger partial charge in [-0.15, -0.1) is 10.2 Å². The molecule has 1 heterocycles. The van der Waals surface area contributed by atoms with Crippen molar-refractivity contribution in [1.29, 1.82) is 0 Å². The number of anilines is 1. The monoisotopic (exact) mass is 291 g/mol. The molecule has 0 radical (unpaired) electrons. The molecule has 0 atom stereocenters. The second-order valence-electron chi connectivity index (χ2n) is 3.66. The van der Waals surface area contributed by atoms with Crippen molar-refractivity contribution in [2.45, 2.75) is 6.42 Å². The lowest BCUT2D eigenvalue weighted by Gasteiger charge is -2.04. The van der Waals surface area contributed by atoms with Crippen molar-refractivity contribution in [2.75, 3.05) is 11.9 Å². The van der Waals surface area contributed by atoms with Crippen molar-refractivity contribution in [3.05, 3.63) is 40.7 Å². The number of amides is 1. The number of aromatic nitrogens is 2. The molecule has 0 bridgehead atoms. The Morgan fingerprint density at radius 3 is 3.05 bits per heavy atom. The van der Waals surface area contributed by atoms with Crippen LogP contribution in [-0.2, 0) is 0 Å². The minimum absolute atomic E-state index is 0.0887. The van der Waals surface area contributed by atoms with Crippen LogP contribution in [0.25, 0.3) is 0 Å². The quantitative estimate of drug-likeness (QED) is 0.843. The molecule has 7 heteroatoms. The van der Waals surface area contributed by atoms with Gasteiger partial charge in [0.05, 0.1) is 12.2 Å². The van der Waals surface area contributed by atoms with E-state index in [2.05, 4.69) is 27.4 Å². The lowest BCUT2D eigenvalue weighted by atomic mass is 10.1. The lowest BCUT2D eigenvalue weighted by Crippen LogP contribution is -2.13. The standard InChI is InChI=1S/C13H10FN3O2S/c14-10-4-5-11(9(7-10)3-1-2-6-18)12(19)16-13-17-15-8-20-13/h4-5,7-8,18H,2,6H2,(H,16,17,19). The number of halogens is 1. The molecule has 0 saturated heterocycles.